The maximum absolute atomic E-state index is 11.9. The van der Waals surface area contributed by atoms with Crippen molar-refractivity contribution < 1.29 is 9.90 Å². The number of nitrogens with one attached hydrogen (secondary N) is 2. The van der Waals surface area contributed by atoms with Crippen LogP contribution >= 0.6 is 0 Å². The average molecular weight is 259 g/mol. The number of hydrogen-bond donors (Lipinski definition) is 3. The zero-order chi connectivity index (χ0) is 13.7. The molecular formula is C14H17N3O2. The second-order valence-electron chi connectivity index (χ2n) is 4.27. The first kappa shape index (κ1) is 13.3. The fourth-order valence-corrected chi connectivity index (χ4v) is 1.84. The van der Waals surface area contributed by atoms with E-state index in [4.69, 9.17) is 0 Å². The van der Waals surface area contributed by atoms with E-state index >= 15 is 0 Å². The van der Waals surface area contributed by atoms with Gasteiger partial charge in [0.25, 0.3) is 5.91 Å². The van der Waals surface area contributed by atoms with Crippen LogP contribution in [0, 0.1) is 0 Å². The van der Waals surface area contributed by atoms with Crippen molar-refractivity contribution in [3.05, 3.63) is 53.3 Å². The standard InChI is InChI=1S/C14H17N3O2/c1-2-10-3-5-11(6-4-10)13(9-18)16-14(19)12-7-8-15-17-12/h3-8,13,18H,2,9H2,1H3,(H,15,17)(H,16,19). The Labute approximate surface area is 111 Å². The van der Waals surface area contributed by atoms with Gasteiger partial charge < -0.3 is 10.4 Å². The summed E-state index contributed by atoms with van der Waals surface area (Å²) in [6.07, 6.45) is 2.48. The number of aliphatic hydroxyl groups excluding tert-OH is 1. The molecule has 0 bridgehead atoms. The van der Waals surface area contributed by atoms with Gasteiger partial charge in [-0.25, -0.2) is 0 Å². The van der Waals surface area contributed by atoms with Gasteiger partial charge in [0.05, 0.1) is 12.6 Å². The number of rotatable bonds is 5. The molecule has 1 amide bonds. The van der Waals surface area contributed by atoms with Crippen LogP contribution in [0.4, 0.5) is 0 Å². The molecule has 1 unspecified atom stereocenters. The third-order valence-corrected chi connectivity index (χ3v) is 3.02. The summed E-state index contributed by atoms with van der Waals surface area (Å²) < 4.78 is 0. The number of benzene rings is 1. The lowest BCUT2D eigenvalue weighted by molar-refractivity contribution is 0.0911. The van der Waals surface area contributed by atoms with Gasteiger partial charge in [-0.1, -0.05) is 31.2 Å². The van der Waals surface area contributed by atoms with E-state index < -0.39 is 6.04 Å². The van der Waals surface area contributed by atoms with Gasteiger partial charge in [0, 0.05) is 6.20 Å². The molecule has 5 heteroatoms. The van der Waals surface area contributed by atoms with Gasteiger partial charge in [0.2, 0.25) is 0 Å². The van der Waals surface area contributed by atoms with Gasteiger partial charge in [-0.3, -0.25) is 9.89 Å². The highest BCUT2D eigenvalue weighted by atomic mass is 16.3. The molecule has 0 aliphatic carbocycles. The molecule has 1 atom stereocenters. The first-order valence-corrected chi connectivity index (χ1v) is 6.24. The number of aromatic amines is 1. The Kier molecular flexibility index (Phi) is 4.30. The predicted octanol–water partition coefficient (Wildman–Crippen LogP) is 1.44. The topological polar surface area (TPSA) is 78.0 Å². The first-order valence-electron chi connectivity index (χ1n) is 6.24. The number of amides is 1. The van der Waals surface area contributed by atoms with E-state index in [1.165, 1.54) is 11.8 Å². The van der Waals surface area contributed by atoms with Gasteiger partial charge >= 0.3 is 0 Å². The molecule has 19 heavy (non-hydrogen) atoms. The Morgan fingerprint density at radius 1 is 1.37 bits per heavy atom. The zero-order valence-corrected chi connectivity index (χ0v) is 10.8. The van der Waals surface area contributed by atoms with E-state index in [0.717, 1.165) is 12.0 Å². The van der Waals surface area contributed by atoms with E-state index in [2.05, 4.69) is 22.4 Å². The quantitative estimate of drug-likeness (QED) is 0.760. The number of H-pyrrole nitrogens is 1. The van der Waals surface area contributed by atoms with E-state index in [1.54, 1.807) is 6.07 Å². The fraction of sp³-hybridized carbons (Fsp3) is 0.286. The number of carbonyl (C=O) groups excluding carboxylic acids is 1. The Morgan fingerprint density at radius 3 is 2.63 bits per heavy atom. The highest BCUT2D eigenvalue weighted by Crippen LogP contribution is 2.14. The summed E-state index contributed by atoms with van der Waals surface area (Å²) in [4.78, 5) is 11.9. The van der Waals surface area contributed by atoms with Crippen molar-refractivity contribution in [1.82, 2.24) is 15.5 Å². The van der Waals surface area contributed by atoms with Crippen LogP contribution in [0.3, 0.4) is 0 Å². The van der Waals surface area contributed by atoms with Crippen molar-refractivity contribution in [2.75, 3.05) is 6.61 Å². The van der Waals surface area contributed by atoms with Crippen LogP contribution in [0.25, 0.3) is 0 Å². The maximum Gasteiger partial charge on any atom is 0.269 e. The third kappa shape index (κ3) is 3.20. The van der Waals surface area contributed by atoms with E-state index in [9.17, 15) is 9.90 Å². The lowest BCUT2D eigenvalue weighted by atomic mass is 10.0. The number of hydrogen-bond acceptors (Lipinski definition) is 3. The Balaban J connectivity index is 2.09. The van der Waals surface area contributed by atoms with Gasteiger partial charge in [0.1, 0.15) is 5.69 Å². The maximum atomic E-state index is 11.9. The molecule has 5 nitrogen and oxygen atoms in total. The highest BCUT2D eigenvalue weighted by molar-refractivity contribution is 5.92. The largest absolute Gasteiger partial charge is 0.394 e. The zero-order valence-electron chi connectivity index (χ0n) is 10.8. The summed E-state index contributed by atoms with van der Waals surface area (Å²) >= 11 is 0. The van der Waals surface area contributed by atoms with Crippen LogP contribution < -0.4 is 5.32 Å². The number of aliphatic hydroxyl groups is 1. The normalized spacial score (nSPS) is 12.1. The number of carbonyl (C=O) groups is 1. The molecule has 0 spiro atoms. The monoisotopic (exact) mass is 259 g/mol. The smallest absolute Gasteiger partial charge is 0.269 e. The van der Waals surface area contributed by atoms with Gasteiger partial charge in [-0.15, -0.1) is 0 Å². The Bertz CT molecular complexity index is 520. The van der Waals surface area contributed by atoms with Gasteiger partial charge in [-0.05, 0) is 23.6 Å². The Morgan fingerprint density at radius 2 is 2.11 bits per heavy atom. The minimum atomic E-state index is -0.415. The second kappa shape index (κ2) is 6.15. The molecule has 0 radical (unpaired) electrons. The lowest BCUT2D eigenvalue weighted by Crippen LogP contribution is -2.31. The number of nitrogens with zero attached hydrogens (tertiary/aromatic N) is 1. The molecular weight excluding hydrogens is 242 g/mol. The van der Waals surface area contributed by atoms with Crippen LogP contribution in [0.1, 0.15) is 34.6 Å². The number of aryl methyl sites for hydroxylation is 1. The second-order valence-corrected chi connectivity index (χ2v) is 4.27. The van der Waals surface area contributed by atoms with Crippen molar-refractivity contribution in [3.8, 4) is 0 Å². The summed E-state index contributed by atoms with van der Waals surface area (Å²) in [5.41, 5.74) is 2.48. The van der Waals surface area contributed by atoms with Crippen molar-refractivity contribution >= 4 is 5.91 Å². The summed E-state index contributed by atoms with van der Waals surface area (Å²) in [5.74, 6) is -0.281. The van der Waals surface area contributed by atoms with Crippen LogP contribution in [-0.2, 0) is 6.42 Å². The van der Waals surface area contributed by atoms with Crippen molar-refractivity contribution in [1.29, 1.82) is 0 Å². The number of aromatic nitrogens is 2. The molecule has 0 saturated carbocycles. The minimum Gasteiger partial charge on any atom is -0.394 e. The van der Waals surface area contributed by atoms with Crippen LogP contribution in [-0.4, -0.2) is 27.8 Å². The van der Waals surface area contributed by atoms with E-state index in [-0.39, 0.29) is 12.5 Å². The predicted molar refractivity (Wildman–Crippen MR) is 71.7 cm³/mol. The minimum absolute atomic E-state index is 0.147. The van der Waals surface area contributed by atoms with E-state index in [0.29, 0.717) is 5.69 Å². The van der Waals surface area contributed by atoms with Crippen LogP contribution in [0.2, 0.25) is 0 Å². The molecule has 1 aromatic heterocycles. The van der Waals surface area contributed by atoms with Gasteiger partial charge in [-0.2, -0.15) is 5.10 Å². The molecule has 0 fully saturated rings. The van der Waals surface area contributed by atoms with Crippen LogP contribution in [0.15, 0.2) is 36.5 Å². The fourth-order valence-electron chi connectivity index (χ4n) is 1.84. The average Bonchev–Trinajstić information content (AvgIpc) is 2.99. The summed E-state index contributed by atoms with van der Waals surface area (Å²) in [6, 6.07) is 9.02. The molecule has 1 heterocycles. The molecule has 2 aromatic rings. The summed E-state index contributed by atoms with van der Waals surface area (Å²) in [6.45, 7) is 1.93. The van der Waals surface area contributed by atoms with Crippen molar-refractivity contribution in [3.63, 3.8) is 0 Å². The van der Waals surface area contributed by atoms with Crippen LogP contribution in [0.5, 0.6) is 0 Å². The summed E-state index contributed by atoms with van der Waals surface area (Å²) in [7, 11) is 0. The van der Waals surface area contributed by atoms with Gasteiger partial charge in [0.15, 0.2) is 0 Å². The molecule has 3 N–H and O–H groups in total. The first-order chi connectivity index (χ1) is 9.24. The lowest BCUT2D eigenvalue weighted by Gasteiger charge is -2.16. The molecule has 1 aromatic carbocycles. The molecule has 0 saturated heterocycles. The van der Waals surface area contributed by atoms with E-state index in [1.807, 2.05) is 24.3 Å². The SMILES string of the molecule is CCc1ccc(C(CO)NC(=O)c2ccn[nH]2)cc1. The molecule has 0 aliphatic heterocycles. The third-order valence-electron chi connectivity index (χ3n) is 3.02. The summed E-state index contributed by atoms with van der Waals surface area (Å²) in [5, 5.41) is 18.5. The van der Waals surface area contributed by atoms with Crippen molar-refractivity contribution in [2.24, 2.45) is 0 Å². The molecule has 100 valence electrons. The highest BCUT2D eigenvalue weighted by Gasteiger charge is 2.15. The molecule has 2 rings (SSSR count). The van der Waals surface area contributed by atoms with Crippen molar-refractivity contribution in [2.45, 2.75) is 19.4 Å². The Hall–Kier alpha value is -2.14. The molecule has 0 aliphatic rings.